The van der Waals surface area contributed by atoms with Crippen molar-refractivity contribution < 1.29 is 32.8 Å². The van der Waals surface area contributed by atoms with E-state index in [-0.39, 0.29) is 11.9 Å². The van der Waals surface area contributed by atoms with Crippen molar-refractivity contribution in [1.82, 2.24) is 10.2 Å². The Morgan fingerprint density at radius 3 is 2.12 bits per heavy atom. The Labute approximate surface area is 292 Å². The molecule has 1 saturated heterocycles. The molecule has 0 aliphatic carbocycles. The highest BCUT2D eigenvalue weighted by Crippen LogP contribution is 2.41. The van der Waals surface area contributed by atoms with E-state index in [0.29, 0.717) is 52.5 Å². The van der Waals surface area contributed by atoms with Gasteiger partial charge in [0.2, 0.25) is 5.91 Å². The lowest BCUT2D eigenvalue weighted by atomic mass is 9.80. The molecule has 1 heterocycles. The number of benzene rings is 3. The molecule has 0 saturated carbocycles. The van der Waals surface area contributed by atoms with Crippen LogP contribution in [0.25, 0.3) is 0 Å². The second kappa shape index (κ2) is 20.8. The minimum Gasteiger partial charge on any atom is -0.497 e. The third-order valence-electron chi connectivity index (χ3n) is 8.54. The van der Waals surface area contributed by atoms with Crippen molar-refractivity contribution in [3.05, 3.63) is 95.6 Å². The maximum atomic E-state index is 13.1. The first kappa shape index (κ1) is 38.3. The van der Waals surface area contributed by atoms with Crippen molar-refractivity contribution >= 4 is 14.3 Å². The summed E-state index contributed by atoms with van der Waals surface area (Å²) in [6.07, 6.45) is 3.76. The summed E-state index contributed by atoms with van der Waals surface area (Å²) in [6, 6.07) is 28.2. The van der Waals surface area contributed by atoms with Crippen molar-refractivity contribution in [3.63, 3.8) is 0 Å². The first-order chi connectivity index (χ1) is 24.0. The smallest absolute Gasteiger partial charge is 0.237 e. The van der Waals surface area contributed by atoms with Crippen LogP contribution in [0, 0.1) is 11.3 Å². The van der Waals surface area contributed by atoms with Crippen LogP contribution in [0.15, 0.2) is 78.9 Å². The number of hydrogen-bond donors (Lipinski definition) is 1. The average Bonchev–Trinajstić information content (AvgIpc) is 3.62. The molecule has 1 N–H and O–H groups in total. The zero-order chi connectivity index (χ0) is 34.7. The van der Waals surface area contributed by atoms with Gasteiger partial charge in [0.05, 0.1) is 59.2 Å². The minimum atomic E-state index is -1.00. The molecule has 2 atom stereocenters. The quantitative estimate of drug-likeness (QED) is 0.0740. The van der Waals surface area contributed by atoms with Crippen LogP contribution in [0.5, 0.6) is 11.5 Å². The lowest BCUT2D eigenvalue weighted by Crippen LogP contribution is -2.44. The molecule has 4 rings (SSSR count). The van der Waals surface area contributed by atoms with Gasteiger partial charge in [0, 0.05) is 26.4 Å². The fourth-order valence-electron chi connectivity index (χ4n) is 6.01. The summed E-state index contributed by atoms with van der Waals surface area (Å²) in [5, 5.41) is 11.8. The summed E-state index contributed by atoms with van der Waals surface area (Å²) in [7, 11) is 2.33. The molecule has 1 fully saturated rings. The number of unbranched alkanes of at least 4 members (excludes halogenated alkanes) is 1. The van der Waals surface area contributed by atoms with E-state index in [4.69, 9.17) is 33.3 Å². The highest BCUT2D eigenvalue weighted by Gasteiger charge is 2.38. The Hall–Kier alpha value is -3.55. The Morgan fingerprint density at radius 1 is 0.857 bits per heavy atom. The first-order valence-electron chi connectivity index (χ1n) is 17.0. The predicted molar refractivity (Wildman–Crippen MR) is 191 cm³/mol. The molecule has 1 aliphatic heterocycles. The summed E-state index contributed by atoms with van der Waals surface area (Å²) in [5.41, 5.74) is 2.15. The third-order valence-corrected chi connectivity index (χ3v) is 9.63. The molecule has 1 amide bonds. The van der Waals surface area contributed by atoms with Gasteiger partial charge in [-0.05, 0) is 73.2 Å². The maximum absolute atomic E-state index is 13.1. The van der Waals surface area contributed by atoms with Gasteiger partial charge in [0.15, 0.2) is 8.38 Å². The van der Waals surface area contributed by atoms with Gasteiger partial charge in [-0.1, -0.05) is 54.6 Å². The molecule has 0 radical (unpaired) electrons. The molecule has 1 unspecified atom stereocenters. The van der Waals surface area contributed by atoms with E-state index in [1.165, 1.54) is 0 Å². The lowest BCUT2D eigenvalue weighted by Gasteiger charge is -2.36. The SMILES string of the molecule is COc1ccc(C(OCCCCNC(=O)[C@@H]2CCCN2CCOCCOP(C)OCCC#N)(c2ccccc2)c2ccc(OC)cc2)cc1. The van der Waals surface area contributed by atoms with E-state index in [2.05, 4.69) is 52.7 Å². The third kappa shape index (κ3) is 11.2. The fraction of sp³-hybridized carbons (Fsp3) is 0.474. The van der Waals surface area contributed by atoms with Crippen molar-refractivity contribution in [3.8, 4) is 17.6 Å². The summed E-state index contributed by atoms with van der Waals surface area (Å²) in [6.45, 7) is 6.35. The number of carbonyl (C=O) groups is 1. The summed E-state index contributed by atoms with van der Waals surface area (Å²) in [5.74, 6) is 1.63. The van der Waals surface area contributed by atoms with E-state index >= 15 is 0 Å². The molecule has 3 aromatic carbocycles. The number of hydrogen-bond acceptors (Lipinski definition) is 9. The lowest BCUT2D eigenvalue weighted by molar-refractivity contribution is -0.125. The van der Waals surface area contributed by atoms with Gasteiger partial charge >= 0.3 is 0 Å². The van der Waals surface area contributed by atoms with Crippen LogP contribution in [0.3, 0.4) is 0 Å². The monoisotopic (exact) mass is 691 g/mol. The molecular weight excluding hydrogens is 641 g/mol. The average molecular weight is 692 g/mol. The summed E-state index contributed by atoms with van der Waals surface area (Å²) < 4.78 is 34.6. The highest BCUT2D eigenvalue weighted by molar-refractivity contribution is 7.46. The summed E-state index contributed by atoms with van der Waals surface area (Å²) in [4.78, 5) is 15.3. The number of nitrogens with zero attached hydrogens (tertiary/aromatic N) is 2. The number of nitriles is 1. The van der Waals surface area contributed by atoms with Crippen LogP contribution >= 0.6 is 8.38 Å². The van der Waals surface area contributed by atoms with E-state index in [1.807, 2.05) is 49.1 Å². The second-order valence-electron chi connectivity index (χ2n) is 11.7. The number of nitrogens with one attached hydrogen (secondary N) is 1. The topological polar surface area (TPSA) is 112 Å². The van der Waals surface area contributed by atoms with Crippen LogP contribution in [0.2, 0.25) is 0 Å². The Kier molecular flexibility index (Phi) is 16.3. The Balaban J connectivity index is 1.27. The van der Waals surface area contributed by atoms with Crippen LogP contribution in [-0.4, -0.2) is 90.4 Å². The van der Waals surface area contributed by atoms with Gasteiger partial charge in [0.1, 0.15) is 17.1 Å². The number of methoxy groups -OCH3 is 2. The number of carbonyl (C=O) groups excluding carboxylic acids is 1. The predicted octanol–water partition coefficient (Wildman–Crippen LogP) is 6.28. The van der Waals surface area contributed by atoms with Crippen LogP contribution in [-0.2, 0) is 28.9 Å². The number of ether oxygens (including phenoxy) is 4. The summed E-state index contributed by atoms with van der Waals surface area (Å²) >= 11 is 0. The molecular formula is C38H50N3O7P. The fourth-order valence-corrected chi connectivity index (χ4v) is 6.77. The molecule has 0 bridgehead atoms. The molecule has 49 heavy (non-hydrogen) atoms. The molecule has 11 heteroatoms. The zero-order valence-electron chi connectivity index (χ0n) is 29.0. The Bertz CT molecular complexity index is 1370. The first-order valence-corrected chi connectivity index (χ1v) is 18.6. The van der Waals surface area contributed by atoms with Gasteiger partial charge in [-0.25, -0.2) is 0 Å². The van der Waals surface area contributed by atoms with Crippen molar-refractivity contribution in [1.29, 1.82) is 5.26 Å². The largest absolute Gasteiger partial charge is 0.497 e. The van der Waals surface area contributed by atoms with Crippen LogP contribution in [0.1, 0.15) is 48.8 Å². The highest BCUT2D eigenvalue weighted by atomic mass is 31.2. The van der Waals surface area contributed by atoms with Gasteiger partial charge in [0.25, 0.3) is 0 Å². The standard InChI is InChI=1S/C38H50N3O7P/c1-43-34-18-14-32(15-19-34)38(31-11-5-4-6-12-31,33-16-20-35(44-2)21-17-33)46-26-8-7-23-40-37(42)36-13-9-24-41(36)25-28-45-29-30-48-49(3)47-27-10-22-39/h4-6,11-12,14-21,36H,7-10,13,23-30H2,1-3H3,(H,40,42)/t36-,49?/m0/s1. The maximum Gasteiger partial charge on any atom is 0.237 e. The molecule has 264 valence electrons. The van der Waals surface area contributed by atoms with Crippen molar-refractivity contribution in [2.45, 2.75) is 43.7 Å². The molecule has 10 nitrogen and oxygen atoms in total. The number of amides is 1. The van der Waals surface area contributed by atoms with Crippen LogP contribution < -0.4 is 14.8 Å². The van der Waals surface area contributed by atoms with E-state index in [1.54, 1.807) is 14.2 Å². The zero-order valence-corrected chi connectivity index (χ0v) is 29.9. The van der Waals surface area contributed by atoms with Crippen LogP contribution in [0.4, 0.5) is 0 Å². The number of rotatable bonds is 22. The van der Waals surface area contributed by atoms with E-state index in [0.717, 1.165) is 60.4 Å². The molecule has 3 aromatic rings. The van der Waals surface area contributed by atoms with Gasteiger partial charge in [-0.3, -0.25) is 9.69 Å². The normalized spacial score (nSPS) is 15.4. The van der Waals surface area contributed by atoms with E-state index in [9.17, 15) is 4.79 Å². The molecule has 0 spiro atoms. The van der Waals surface area contributed by atoms with Gasteiger partial charge < -0.3 is 33.3 Å². The molecule has 1 aliphatic rings. The van der Waals surface area contributed by atoms with Crippen molar-refractivity contribution in [2.24, 2.45) is 0 Å². The second-order valence-corrected chi connectivity index (χ2v) is 13.1. The Morgan fingerprint density at radius 2 is 1.49 bits per heavy atom. The van der Waals surface area contributed by atoms with Crippen molar-refractivity contribution in [2.75, 3.05) is 73.6 Å². The number of likely N-dealkylation sites (tertiary alicyclic amines) is 1. The van der Waals surface area contributed by atoms with E-state index < -0.39 is 14.0 Å². The van der Waals surface area contributed by atoms with Gasteiger partial charge in [-0.15, -0.1) is 0 Å². The molecule has 0 aromatic heterocycles. The minimum absolute atomic E-state index is 0.0722. The van der Waals surface area contributed by atoms with Gasteiger partial charge in [-0.2, -0.15) is 5.26 Å².